The van der Waals surface area contributed by atoms with Gasteiger partial charge in [-0.05, 0) is 25.3 Å². The average Bonchev–Trinajstić information content (AvgIpc) is 1.86. The van der Waals surface area contributed by atoms with Crippen molar-refractivity contribution in [2.45, 2.75) is 38.8 Å². The molecule has 0 amide bonds. The van der Waals surface area contributed by atoms with Gasteiger partial charge in [0.2, 0.25) is 0 Å². The Balaban J connectivity index is 3.71. The summed E-state index contributed by atoms with van der Waals surface area (Å²) >= 11 is 0. The Hall–Kier alpha value is -0.730. The molecule has 0 aromatic heterocycles. The maximum absolute atomic E-state index is 8.90. The molecular formula is C6H13N3O. The third-order valence-electron chi connectivity index (χ3n) is 1.30. The summed E-state index contributed by atoms with van der Waals surface area (Å²) < 4.78 is 0. The average molecular weight is 143 g/mol. The van der Waals surface area contributed by atoms with Crippen LogP contribution in [-0.4, -0.2) is 17.3 Å². The van der Waals surface area contributed by atoms with E-state index in [1.807, 2.05) is 6.92 Å². The second kappa shape index (κ2) is 5.09. The first-order valence-corrected chi connectivity index (χ1v) is 3.43. The topological polar surface area (TPSA) is 69.0 Å². The van der Waals surface area contributed by atoms with Gasteiger partial charge in [-0.3, -0.25) is 0 Å². The van der Waals surface area contributed by atoms with E-state index in [9.17, 15) is 0 Å². The van der Waals surface area contributed by atoms with Crippen molar-refractivity contribution in [1.29, 1.82) is 0 Å². The van der Waals surface area contributed by atoms with Gasteiger partial charge in [-0.25, -0.2) is 0 Å². The van der Waals surface area contributed by atoms with Crippen molar-refractivity contribution in [2.75, 3.05) is 0 Å². The summed E-state index contributed by atoms with van der Waals surface area (Å²) in [5, 5.41) is 12.4. The number of aliphatic hydroxyl groups excluding tert-OH is 1. The number of nitrogens with zero attached hydrogens (tertiary/aromatic N) is 3. The molecule has 0 radical (unpaired) electrons. The Morgan fingerprint density at radius 1 is 1.70 bits per heavy atom. The van der Waals surface area contributed by atoms with Crippen molar-refractivity contribution in [3.8, 4) is 0 Å². The van der Waals surface area contributed by atoms with E-state index in [2.05, 4.69) is 10.0 Å². The fraction of sp³-hybridized carbons (Fsp3) is 1.00. The third-order valence-corrected chi connectivity index (χ3v) is 1.30. The van der Waals surface area contributed by atoms with E-state index in [0.717, 1.165) is 6.42 Å². The van der Waals surface area contributed by atoms with E-state index < -0.39 is 0 Å². The number of aliphatic hydroxyl groups is 1. The van der Waals surface area contributed by atoms with Crippen LogP contribution in [0.25, 0.3) is 10.4 Å². The first-order chi connectivity index (χ1) is 4.70. The van der Waals surface area contributed by atoms with Crippen LogP contribution < -0.4 is 0 Å². The normalized spacial score (nSPS) is 15.5. The highest BCUT2D eigenvalue weighted by atomic mass is 16.3. The lowest BCUT2D eigenvalue weighted by Crippen LogP contribution is -2.11. The molecule has 2 unspecified atom stereocenters. The molecule has 0 aliphatic rings. The molecular weight excluding hydrogens is 130 g/mol. The van der Waals surface area contributed by atoms with Gasteiger partial charge < -0.3 is 5.11 Å². The SMILES string of the molecule is CCC(CC(C)O)N=[N+]=[N-]. The second-order valence-corrected chi connectivity index (χ2v) is 2.35. The Bertz CT molecular complexity index is 129. The fourth-order valence-electron chi connectivity index (χ4n) is 0.762. The Labute approximate surface area is 60.5 Å². The third kappa shape index (κ3) is 4.18. The van der Waals surface area contributed by atoms with Crippen LogP contribution in [0.4, 0.5) is 0 Å². The van der Waals surface area contributed by atoms with Crippen LogP contribution >= 0.6 is 0 Å². The molecule has 0 heterocycles. The predicted octanol–water partition coefficient (Wildman–Crippen LogP) is 1.85. The summed E-state index contributed by atoms with van der Waals surface area (Å²) in [7, 11) is 0. The Morgan fingerprint density at radius 2 is 2.30 bits per heavy atom. The molecule has 0 aliphatic heterocycles. The van der Waals surface area contributed by atoms with Crippen LogP contribution in [0.5, 0.6) is 0 Å². The monoisotopic (exact) mass is 143 g/mol. The van der Waals surface area contributed by atoms with E-state index in [-0.39, 0.29) is 12.1 Å². The summed E-state index contributed by atoms with van der Waals surface area (Å²) in [6, 6.07) is -0.0509. The lowest BCUT2D eigenvalue weighted by Gasteiger charge is -2.08. The van der Waals surface area contributed by atoms with Gasteiger partial charge in [0, 0.05) is 11.0 Å². The van der Waals surface area contributed by atoms with E-state index in [4.69, 9.17) is 10.6 Å². The van der Waals surface area contributed by atoms with Crippen LogP contribution in [0.3, 0.4) is 0 Å². The summed E-state index contributed by atoms with van der Waals surface area (Å²) in [6.45, 7) is 3.62. The van der Waals surface area contributed by atoms with Crippen LogP contribution in [0.15, 0.2) is 5.11 Å². The van der Waals surface area contributed by atoms with Gasteiger partial charge in [0.25, 0.3) is 0 Å². The zero-order valence-corrected chi connectivity index (χ0v) is 6.36. The van der Waals surface area contributed by atoms with E-state index in [1.54, 1.807) is 6.92 Å². The number of azide groups is 1. The molecule has 0 rings (SSSR count). The molecule has 10 heavy (non-hydrogen) atoms. The highest BCUT2D eigenvalue weighted by Gasteiger charge is 2.05. The standard InChI is InChI=1S/C6H13N3O/c1-3-6(8-9-7)4-5(2)10/h5-6,10H,3-4H2,1-2H3. The lowest BCUT2D eigenvalue weighted by molar-refractivity contribution is 0.174. The summed E-state index contributed by atoms with van der Waals surface area (Å²) in [5.74, 6) is 0. The Morgan fingerprint density at radius 3 is 2.60 bits per heavy atom. The smallest absolute Gasteiger partial charge is 0.0516 e. The first-order valence-electron chi connectivity index (χ1n) is 3.43. The highest BCUT2D eigenvalue weighted by molar-refractivity contribution is 4.67. The van der Waals surface area contributed by atoms with Gasteiger partial charge in [0.1, 0.15) is 0 Å². The van der Waals surface area contributed by atoms with Crippen LogP contribution in [0, 0.1) is 0 Å². The minimum absolute atomic E-state index is 0.0509. The molecule has 0 fully saturated rings. The van der Waals surface area contributed by atoms with Gasteiger partial charge in [-0.2, -0.15) is 0 Å². The molecule has 0 saturated carbocycles. The maximum Gasteiger partial charge on any atom is 0.0516 e. The van der Waals surface area contributed by atoms with Gasteiger partial charge >= 0.3 is 0 Å². The van der Waals surface area contributed by atoms with Gasteiger partial charge in [0.05, 0.1) is 6.10 Å². The zero-order chi connectivity index (χ0) is 7.98. The van der Waals surface area contributed by atoms with E-state index >= 15 is 0 Å². The predicted molar refractivity (Wildman–Crippen MR) is 39.5 cm³/mol. The molecule has 0 bridgehead atoms. The number of hydrogen-bond acceptors (Lipinski definition) is 2. The minimum atomic E-state index is -0.379. The van der Waals surface area contributed by atoms with Crippen molar-refractivity contribution < 1.29 is 5.11 Å². The fourth-order valence-corrected chi connectivity index (χ4v) is 0.762. The zero-order valence-electron chi connectivity index (χ0n) is 6.36. The summed E-state index contributed by atoms with van der Waals surface area (Å²) in [6.07, 6.45) is 0.964. The van der Waals surface area contributed by atoms with E-state index in [1.165, 1.54) is 0 Å². The number of hydrogen-bond donors (Lipinski definition) is 1. The summed E-state index contributed by atoms with van der Waals surface area (Å²) in [5.41, 5.74) is 8.06. The van der Waals surface area contributed by atoms with Crippen molar-refractivity contribution in [1.82, 2.24) is 0 Å². The van der Waals surface area contributed by atoms with Crippen molar-refractivity contribution in [3.05, 3.63) is 10.4 Å². The van der Waals surface area contributed by atoms with Gasteiger partial charge in [-0.15, -0.1) is 0 Å². The van der Waals surface area contributed by atoms with Crippen LogP contribution in [0.2, 0.25) is 0 Å². The van der Waals surface area contributed by atoms with E-state index in [0.29, 0.717) is 6.42 Å². The molecule has 4 heteroatoms. The molecule has 0 spiro atoms. The quantitative estimate of drug-likeness (QED) is 0.364. The largest absolute Gasteiger partial charge is 0.393 e. The Kier molecular flexibility index (Phi) is 4.72. The molecule has 0 aromatic carbocycles. The molecule has 0 saturated heterocycles. The van der Waals surface area contributed by atoms with Crippen molar-refractivity contribution in [2.24, 2.45) is 5.11 Å². The van der Waals surface area contributed by atoms with Gasteiger partial charge in [-0.1, -0.05) is 12.0 Å². The molecule has 0 aliphatic carbocycles. The highest BCUT2D eigenvalue weighted by Crippen LogP contribution is 2.06. The molecule has 2 atom stereocenters. The molecule has 4 nitrogen and oxygen atoms in total. The van der Waals surface area contributed by atoms with Gasteiger partial charge in [0.15, 0.2) is 0 Å². The van der Waals surface area contributed by atoms with Crippen LogP contribution in [-0.2, 0) is 0 Å². The summed E-state index contributed by atoms with van der Waals surface area (Å²) in [4.78, 5) is 2.67. The molecule has 0 aromatic rings. The van der Waals surface area contributed by atoms with Crippen LogP contribution in [0.1, 0.15) is 26.7 Å². The second-order valence-electron chi connectivity index (χ2n) is 2.35. The molecule has 1 N–H and O–H groups in total. The lowest BCUT2D eigenvalue weighted by atomic mass is 10.1. The first kappa shape index (κ1) is 9.27. The minimum Gasteiger partial charge on any atom is -0.393 e. The van der Waals surface area contributed by atoms with Crippen molar-refractivity contribution in [3.63, 3.8) is 0 Å². The molecule has 58 valence electrons. The van der Waals surface area contributed by atoms with Crippen molar-refractivity contribution >= 4 is 0 Å². The number of rotatable bonds is 4. The maximum atomic E-state index is 8.90.